The maximum atomic E-state index is 5.60. The second-order valence-electron chi connectivity index (χ2n) is 5.30. The smallest absolute Gasteiger partial charge is 0.262 e. The fourth-order valence-corrected chi connectivity index (χ4v) is 1.50. The lowest BCUT2D eigenvalue weighted by atomic mass is 10.2. The fourth-order valence-electron chi connectivity index (χ4n) is 1.50. The van der Waals surface area contributed by atoms with Crippen LogP contribution < -0.4 is 14.8 Å². The SMILES string of the molecule is CCCNc1ncnc(OCCOC(C)(C)C)c1OC. The third-order valence-electron chi connectivity index (χ3n) is 2.37. The van der Waals surface area contributed by atoms with Crippen molar-refractivity contribution >= 4 is 5.82 Å². The summed E-state index contributed by atoms with van der Waals surface area (Å²) >= 11 is 0. The molecule has 0 unspecified atom stereocenters. The first kappa shape index (κ1) is 16.5. The second-order valence-corrected chi connectivity index (χ2v) is 5.30. The van der Waals surface area contributed by atoms with E-state index in [1.807, 2.05) is 20.8 Å². The summed E-state index contributed by atoms with van der Waals surface area (Å²) in [4.78, 5) is 8.26. The Morgan fingerprint density at radius 2 is 1.95 bits per heavy atom. The first-order valence-corrected chi connectivity index (χ1v) is 6.87. The Balaban J connectivity index is 2.60. The van der Waals surface area contributed by atoms with Crippen molar-refractivity contribution in [2.75, 3.05) is 32.2 Å². The third kappa shape index (κ3) is 5.61. The standard InChI is InChI=1S/C14H25N3O3/c1-6-7-15-12-11(18-5)13(17-10-16-12)19-8-9-20-14(2,3)4/h10H,6-9H2,1-5H3,(H,15,16,17). The minimum atomic E-state index is -0.174. The predicted octanol–water partition coefficient (Wildman–Crippen LogP) is 2.50. The van der Waals surface area contributed by atoms with Gasteiger partial charge in [0, 0.05) is 6.54 Å². The fraction of sp³-hybridized carbons (Fsp3) is 0.714. The molecule has 0 radical (unpaired) electrons. The second kappa shape index (κ2) is 7.89. The van der Waals surface area contributed by atoms with Crippen molar-refractivity contribution in [2.45, 2.75) is 39.7 Å². The molecule has 0 spiro atoms. The summed E-state index contributed by atoms with van der Waals surface area (Å²) in [6.07, 6.45) is 2.46. The molecule has 0 saturated heterocycles. The monoisotopic (exact) mass is 283 g/mol. The number of nitrogens with zero attached hydrogens (tertiary/aromatic N) is 2. The van der Waals surface area contributed by atoms with Crippen LogP contribution in [0.25, 0.3) is 0 Å². The quantitative estimate of drug-likeness (QED) is 0.739. The van der Waals surface area contributed by atoms with Gasteiger partial charge in [0.25, 0.3) is 5.88 Å². The van der Waals surface area contributed by atoms with Crippen LogP contribution in [0.4, 0.5) is 5.82 Å². The highest BCUT2D eigenvalue weighted by atomic mass is 16.6. The highest BCUT2D eigenvalue weighted by molar-refractivity contribution is 5.54. The third-order valence-corrected chi connectivity index (χ3v) is 2.37. The topological polar surface area (TPSA) is 65.5 Å². The summed E-state index contributed by atoms with van der Waals surface area (Å²) in [6, 6.07) is 0. The summed E-state index contributed by atoms with van der Waals surface area (Å²) in [5.41, 5.74) is -0.174. The molecule has 0 aliphatic carbocycles. The summed E-state index contributed by atoms with van der Waals surface area (Å²) in [5.74, 6) is 1.60. The Morgan fingerprint density at radius 1 is 1.20 bits per heavy atom. The van der Waals surface area contributed by atoms with Gasteiger partial charge in [-0.3, -0.25) is 0 Å². The zero-order chi connectivity index (χ0) is 15.0. The molecule has 0 amide bonds. The number of methoxy groups -OCH3 is 1. The number of hydrogen-bond acceptors (Lipinski definition) is 6. The molecule has 6 heteroatoms. The predicted molar refractivity (Wildman–Crippen MR) is 78.6 cm³/mol. The van der Waals surface area contributed by atoms with Crippen LogP contribution in [0.5, 0.6) is 11.6 Å². The van der Waals surface area contributed by atoms with Gasteiger partial charge in [0.15, 0.2) is 5.82 Å². The highest BCUT2D eigenvalue weighted by Gasteiger charge is 2.14. The van der Waals surface area contributed by atoms with E-state index in [1.54, 1.807) is 7.11 Å². The highest BCUT2D eigenvalue weighted by Crippen LogP contribution is 2.30. The van der Waals surface area contributed by atoms with E-state index in [1.165, 1.54) is 6.33 Å². The number of rotatable bonds is 8. The lowest BCUT2D eigenvalue weighted by Crippen LogP contribution is -2.22. The summed E-state index contributed by atoms with van der Waals surface area (Å²) in [7, 11) is 1.58. The molecule has 1 aromatic heterocycles. The van der Waals surface area contributed by atoms with Gasteiger partial charge in [0.1, 0.15) is 12.9 Å². The first-order valence-electron chi connectivity index (χ1n) is 6.87. The van der Waals surface area contributed by atoms with Crippen molar-refractivity contribution in [1.29, 1.82) is 0 Å². The van der Waals surface area contributed by atoms with E-state index in [4.69, 9.17) is 14.2 Å². The summed E-state index contributed by atoms with van der Waals surface area (Å²) < 4.78 is 16.5. The van der Waals surface area contributed by atoms with E-state index in [0.717, 1.165) is 13.0 Å². The largest absolute Gasteiger partial charge is 0.489 e. The molecule has 0 saturated carbocycles. The van der Waals surface area contributed by atoms with Gasteiger partial charge in [-0.1, -0.05) is 6.92 Å². The molecule has 0 fully saturated rings. The van der Waals surface area contributed by atoms with E-state index >= 15 is 0 Å². The van der Waals surface area contributed by atoms with Crippen molar-refractivity contribution in [1.82, 2.24) is 9.97 Å². The van der Waals surface area contributed by atoms with E-state index in [2.05, 4.69) is 22.2 Å². The zero-order valence-corrected chi connectivity index (χ0v) is 13.0. The van der Waals surface area contributed by atoms with E-state index in [0.29, 0.717) is 30.7 Å². The molecule has 1 heterocycles. The van der Waals surface area contributed by atoms with Crippen molar-refractivity contribution in [3.05, 3.63) is 6.33 Å². The number of aromatic nitrogens is 2. The van der Waals surface area contributed by atoms with E-state index in [-0.39, 0.29) is 5.60 Å². The molecule has 6 nitrogen and oxygen atoms in total. The maximum absolute atomic E-state index is 5.60. The Hall–Kier alpha value is -1.56. The van der Waals surface area contributed by atoms with Crippen molar-refractivity contribution in [3.8, 4) is 11.6 Å². The Bertz CT molecular complexity index is 405. The average Bonchev–Trinajstić information content (AvgIpc) is 2.40. The van der Waals surface area contributed by atoms with E-state index < -0.39 is 0 Å². The zero-order valence-electron chi connectivity index (χ0n) is 13.0. The molecule has 1 aromatic rings. The molecule has 1 N–H and O–H groups in total. The van der Waals surface area contributed by atoms with Crippen LogP contribution in [-0.4, -0.2) is 42.4 Å². The normalized spacial score (nSPS) is 11.2. The van der Waals surface area contributed by atoms with Crippen LogP contribution >= 0.6 is 0 Å². The van der Waals surface area contributed by atoms with Crippen LogP contribution in [0.3, 0.4) is 0 Å². The van der Waals surface area contributed by atoms with Gasteiger partial charge in [-0.25, -0.2) is 4.98 Å². The summed E-state index contributed by atoms with van der Waals surface area (Å²) in [6.45, 7) is 9.83. The van der Waals surface area contributed by atoms with Gasteiger partial charge in [0.2, 0.25) is 5.75 Å². The number of hydrogen-bond donors (Lipinski definition) is 1. The molecular formula is C14H25N3O3. The molecule has 0 aromatic carbocycles. The van der Waals surface area contributed by atoms with Gasteiger partial charge < -0.3 is 19.5 Å². The van der Waals surface area contributed by atoms with Crippen LogP contribution in [0.2, 0.25) is 0 Å². The van der Waals surface area contributed by atoms with Gasteiger partial charge in [-0.15, -0.1) is 0 Å². The molecule has 114 valence electrons. The van der Waals surface area contributed by atoms with Crippen LogP contribution in [0, 0.1) is 0 Å². The lowest BCUT2D eigenvalue weighted by Gasteiger charge is -2.19. The molecule has 0 bridgehead atoms. The Morgan fingerprint density at radius 3 is 2.55 bits per heavy atom. The minimum Gasteiger partial charge on any atom is -0.489 e. The van der Waals surface area contributed by atoms with Gasteiger partial charge >= 0.3 is 0 Å². The molecular weight excluding hydrogens is 258 g/mol. The molecule has 1 rings (SSSR count). The summed E-state index contributed by atoms with van der Waals surface area (Å²) in [5, 5.41) is 3.18. The average molecular weight is 283 g/mol. The van der Waals surface area contributed by atoms with E-state index in [9.17, 15) is 0 Å². The maximum Gasteiger partial charge on any atom is 0.262 e. The first-order chi connectivity index (χ1) is 9.48. The van der Waals surface area contributed by atoms with Crippen LogP contribution in [-0.2, 0) is 4.74 Å². The van der Waals surface area contributed by atoms with Crippen molar-refractivity contribution in [2.24, 2.45) is 0 Å². The van der Waals surface area contributed by atoms with Crippen LogP contribution in [0.1, 0.15) is 34.1 Å². The Labute approximate surface area is 120 Å². The van der Waals surface area contributed by atoms with Gasteiger partial charge in [0.05, 0.1) is 19.3 Å². The Kier molecular flexibility index (Phi) is 6.51. The number of anilines is 1. The van der Waals surface area contributed by atoms with Crippen molar-refractivity contribution in [3.63, 3.8) is 0 Å². The molecule has 0 atom stereocenters. The number of nitrogens with one attached hydrogen (secondary N) is 1. The molecule has 20 heavy (non-hydrogen) atoms. The van der Waals surface area contributed by atoms with Crippen molar-refractivity contribution < 1.29 is 14.2 Å². The molecule has 0 aliphatic heterocycles. The molecule has 0 aliphatic rings. The minimum absolute atomic E-state index is 0.174. The lowest BCUT2D eigenvalue weighted by molar-refractivity contribution is -0.0170. The van der Waals surface area contributed by atoms with Gasteiger partial charge in [-0.05, 0) is 27.2 Å². The number of ether oxygens (including phenoxy) is 3. The van der Waals surface area contributed by atoms with Crippen LogP contribution in [0.15, 0.2) is 6.33 Å². The van der Waals surface area contributed by atoms with Gasteiger partial charge in [-0.2, -0.15) is 4.98 Å².